The largest absolute Gasteiger partial charge is 0.465 e. The van der Waals surface area contributed by atoms with Gasteiger partial charge in [0.2, 0.25) is 0 Å². The number of amides is 3. The second-order valence-electron chi connectivity index (χ2n) is 10.9. The highest BCUT2D eigenvalue weighted by molar-refractivity contribution is 7.19. The molecular weight excluding hydrogens is 591 g/mol. The summed E-state index contributed by atoms with van der Waals surface area (Å²) in [6.07, 6.45) is -3.40. The van der Waals surface area contributed by atoms with Crippen LogP contribution in [-0.4, -0.2) is 62.7 Å². The van der Waals surface area contributed by atoms with Gasteiger partial charge in [-0.25, -0.2) is 14.6 Å². The van der Waals surface area contributed by atoms with E-state index >= 15 is 0 Å². The highest BCUT2D eigenvalue weighted by Crippen LogP contribution is 2.41. The Hall–Kier alpha value is -4.34. The topological polar surface area (TPSA) is 151 Å². The normalized spacial score (nSPS) is 15.9. The summed E-state index contributed by atoms with van der Waals surface area (Å²) < 4.78 is 48.2. The van der Waals surface area contributed by atoms with E-state index in [0.717, 1.165) is 6.07 Å². The van der Waals surface area contributed by atoms with Crippen molar-refractivity contribution in [3.05, 3.63) is 41.7 Å². The molecule has 0 bridgehead atoms. The van der Waals surface area contributed by atoms with Gasteiger partial charge in [-0.05, 0) is 46.1 Å². The molecule has 232 valence electrons. The van der Waals surface area contributed by atoms with Crippen molar-refractivity contribution in [2.75, 3.05) is 28.6 Å². The minimum atomic E-state index is -4.68. The van der Waals surface area contributed by atoms with Crippen LogP contribution >= 0.6 is 11.3 Å². The lowest BCUT2D eigenvalue weighted by atomic mass is 10.1. The molecular formula is C27H32F3N7O5S. The van der Waals surface area contributed by atoms with Gasteiger partial charge in [-0.1, -0.05) is 29.5 Å². The summed E-state index contributed by atoms with van der Waals surface area (Å²) in [6.45, 7) is 5.98. The van der Waals surface area contributed by atoms with E-state index in [2.05, 4.69) is 26.0 Å². The van der Waals surface area contributed by atoms with Gasteiger partial charge in [0.25, 0.3) is 5.91 Å². The van der Waals surface area contributed by atoms with Crippen molar-refractivity contribution in [2.24, 2.45) is 7.05 Å². The van der Waals surface area contributed by atoms with Gasteiger partial charge in [0.05, 0.1) is 11.8 Å². The Kier molecular flexibility index (Phi) is 9.18. The third-order valence-corrected chi connectivity index (χ3v) is 7.43. The zero-order valence-corrected chi connectivity index (χ0v) is 24.7. The smallest absolute Gasteiger partial charge is 0.417 e. The van der Waals surface area contributed by atoms with E-state index in [9.17, 15) is 27.6 Å². The fourth-order valence-electron chi connectivity index (χ4n) is 4.69. The van der Waals surface area contributed by atoms with E-state index in [4.69, 9.17) is 9.84 Å². The predicted molar refractivity (Wildman–Crippen MR) is 155 cm³/mol. The van der Waals surface area contributed by atoms with Crippen LogP contribution in [0.1, 0.15) is 56.1 Å². The number of nitrogens with zero attached hydrogens (tertiary/aromatic N) is 4. The van der Waals surface area contributed by atoms with Crippen LogP contribution in [0.3, 0.4) is 0 Å². The number of aromatic nitrogens is 3. The summed E-state index contributed by atoms with van der Waals surface area (Å²) in [5.41, 5.74) is -2.06. The Labute approximate surface area is 249 Å². The van der Waals surface area contributed by atoms with Crippen LogP contribution in [0, 0.1) is 0 Å². The molecule has 0 unspecified atom stereocenters. The number of benzene rings is 1. The van der Waals surface area contributed by atoms with Crippen molar-refractivity contribution < 1.29 is 37.4 Å². The number of rotatable bonds is 6. The van der Waals surface area contributed by atoms with Gasteiger partial charge in [0.15, 0.2) is 11.5 Å². The van der Waals surface area contributed by atoms with Gasteiger partial charge in [0, 0.05) is 31.7 Å². The number of ether oxygens (including phenoxy) is 1. The molecule has 0 radical (unpaired) electrons. The number of alkyl halides is 3. The number of thiazole rings is 1. The van der Waals surface area contributed by atoms with Crippen molar-refractivity contribution in [3.8, 4) is 10.6 Å². The van der Waals surface area contributed by atoms with Crippen molar-refractivity contribution in [3.63, 3.8) is 0 Å². The first-order valence-corrected chi connectivity index (χ1v) is 14.2. The molecule has 0 spiro atoms. The number of aryl methyl sites for hydroxylation is 1. The molecule has 1 saturated heterocycles. The summed E-state index contributed by atoms with van der Waals surface area (Å²) in [4.78, 5) is 43.5. The molecule has 3 heterocycles. The number of halogens is 3. The van der Waals surface area contributed by atoms with Crippen LogP contribution in [0.5, 0.6) is 0 Å². The first kappa shape index (κ1) is 31.6. The quantitative estimate of drug-likeness (QED) is 0.270. The number of nitrogens with one attached hydrogen (secondary N) is 3. The Morgan fingerprint density at radius 1 is 1.09 bits per heavy atom. The lowest BCUT2D eigenvalue weighted by Crippen LogP contribution is -2.35. The zero-order valence-electron chi connectivity index (χ0n) is 23.9. The first-order valence-electron chi connectivity index (χ1n) is 13.4. The van der Waals surface area contributed by atoms with Gasteiger partial charge in [-0.2, -0.15) is 18.3 Å². The standard InChI is InChI=1S/C27H32F3N7O5S/c1-26(2,3)42-25(41)35-22-19(34-21(43-22)16-9-5-6-10-17(16)27(28,29)30)20(38)33-18-14-31-36(4)23(18)37-12-7-8-15(11-13-37)32-24(39)40/h5-6,9-10,14-15,32H,7-8,11-13H2,1-4H3,(H,33,38)(H,35,41)(H,39,40)/t15-/m1/s1. The number of anilines is 3. The molecule has 4 rings (SSSR count). The number of carboxylic acid groups (broad SMARTS) is 1. The molecule has 0 aliphatic carbocycles. The van der Waals surface area contributed by atoms with Crippen molar-refractivity contribution in [1.82, 2.24) is 20.1 Å². The SMILES string of the molecule is Cn1ncc(NC(=O)c2nc(-c3ccccc3C(F)(F)F)sc2NC(=O)OC(C)(C)C)c1N1CCC[C@@H](NC(=O)O)CC1. The second-order valence-corrected chi connectivity index (χ2v) is 11.9. The summed E-state index contributed by atoms with van der Waals surface area (Å²) in [7, 11) is 1.69. The molecule has 1 aliphatic heterocycles. The van der Waals surface area contributed by atoms with E-state index in [0.29, 0.717) is 55.2 Å². The molecule has 4 N–H and O–H groups in total. The second kappa shape index (κ2) is 12.5. The number of carbonyl (C=O) groups excluding carboxylic acids is 2. The minimum absolute atomic E-state index is 0.0958. The van der Waals surface area contributed by atoms with Crippen LogP contribution < -0.4 is 20.9 Å². The summed E-state index contributed by atoms with van der Waals surface area (Å²) in [5, 5.41) is 20.8. The molecule has 16 heteroatoms. The highest BCUT2D eigenvalue weighted by Gasteiger charge is 2.35. The van der Waals surface area contributed by atoms with Gasteiger partial charge in [0.1, 0.15) is 21.3 Å². The predicted octanol–water partition coefficient (Wildman–Crippen LogP) is 5.79. The van der Waals surface area contributed by atoms with Crippen LogP contribution in [0.2, 0.25) is 0 Å². The average Bonchev–Trinajstić information content (AvgIpc) is 3.39. The van der Waals surface area contributed by atoms with E-state index in [1.165, 1.54) is 24.4 Å². The van der Waals surface area contributed by atoms with Crippen LogP contribution in [0.15, 0.2) is 30.5 Å². The maximum Gasteiger partial charge on any atom is 0.417 e. The lowest BCUT2D eigenvalue weighted by molar-refractivity contribution is -0.137. The first-order chi connectivity index (χ1) is 20.1. The number of hydrogen-bond acceptors (Lipinski definition) is 8. The van der Waals surface area contributed by atoms with Crippen molar-refractivity contribution in [1.29, 1.82) is 0 Å². The summed E-state index contributed by atoms with van der Waals surface area (Å²) in [6, 6.07) is 4.61. The van der Waals surface area contributed by atoms with Gasteiger partial charge in [-0.3, -0.25) is 14.8 Å². The maximum absolute atomic E-state index is 13.8. The number of hydrogen-bond donors (Lipinski definition) is 4. The fourth-order valence-corrected chi connectivity index (χ4v) is 5.68. The van der Waals surface area contributed by atoms with Gasteiger partial charge in [-0.15, -0.1) is 0 Å². The zero-order chi connectivity index (χ0) is 31.5. The monoisotopic (exact) mass is 623 g/mol. The average molecular weight is 624 g/mol. The fraction of sp³-hybridized carbons (Fsp3) is 0.444. The maximum atomic E-state index is 13.8. The van der Waals surface area contributed by atoms with Gasteiger partial charge >= 0.3 is 18.4 Å². The Balaban J connectivity index is 1.66. The van der Waals surface area contributed by atoms with Crippen molar-refractivity contribution >= 4 is 45.9 Å². The summed E-state index contributed by atoms with van der Waals surface area (Å²) in [5.74, 6) is -0.226. The van der Waals surface area contributed by atoms with E-state index < -0.39 is 35.4 Å². The molecule has 1 fully saturated rings. The van der Waals surface area contributed by atoms with Crippen LogP contribution in [0.25, 0.3) is 10.6 Å². The molecule has 1 atom stereocenters. The lowest BCUT2D eigenvalue weighted by Gasteiger charge is -2.24. The Bertz CT molecular complexity index is 1500. The van der Waals surface area contributed by atoms with Crippen LogP contribution in [0.4, 0.5) is 39.3 Å². The van der Waals surface area contributed by atoms with E-state index in [1.54, 1.807) is 32.5 Å². The molecule has 3 aromatic rings. The Morgan fingerprint density at radius 3 is 2.49 bits per heavy atom. The van der Waals surface area contributed by atoms with Crippen molar-refractivity contribution in [2.45, 2.75) is 57.9 Å². The molecule has 0 saturated carbocycles. The third-order valence-electron chi connectivity index (χ3n) is 6.43. The molecule has 43 heavy (non-hydrogen) atoms. The minimum Gasteiger partial charge on any atom is -0.465 e. The van der Waals surface area contributed by atoms with Gasteiger partial charge < -0.3 is 25.4 Å². The molecule has 1 aromatic carbocycles. The molecule has 3 amide bonds. The Morgan fingerprint density at radius 2 is 1.81 bits per heavy atom. The molecule has 12 nitrogen and oxygen atoms in total. The third kappa shape index (κ3) is 7.94. The van der Waals surface area contributed by atoms with E-state index in [-0.39, 0.29) is 27.3 Å². The summed E-state index contributed by atoms with van der Waals surface area (Å²) >= 11 is 0.711. The molecule has 1 aliphatic rings. The number of carbonyl (C=O) groups is 3. The van der Waals surface area contributed by atoms with Crippen LogP contribution in [-0.2, 0) is 18.0 Å². The van der Waals surface area contributed by atoms with E-state index in [1.807, 2.05) is 4.90 Å². The highest BCUT2D eigenvalue weighted by atomic mass is 32.1. The molecule has 2 aromatic heterocycles.